The third-order valence-electron chi connectivity index (χ3n) is 2.58. The number of hydrogen-bond acceptors (Lipinski definition) is 5. The molecule has 2 N–H and O–H groups in total. The molecule has 1 aromatic carbocycles. The van der Waals surface area contributed by atoms with Crippen molar-refractivity contribution < 1.29 is 9.90 Å². The van der Waals surface area contributed by atoms with Gasteiger partial charge in [-0.3, -0.25) is 0 Å². The van der Waals surface area contributed by atoms with Crippen LogP contribution in [0.3, 0.4) is 0 Å². The van der Waals surface area contributed by atoms with E-state index in [1.54, 1.807) is 6.07 Å². The Balaban J connectivity index is 2.24. The molecule has 20 heavy (non-hydrogen) atoms. The van der Waals surface area contributed by atoms with Gasteiger partial charge in [-0.2, -0.15) is 0 Å². The highest BCUT2D eigenvalue weighted by Crippen LogP contribution is 2.20. The monoisotopic (exact) mass is 309 g/mol. The number of rotatable bonds is 5. The number of aromatic nitrogens is 2. The lowest BCUT2D eigenvalue weighted by Crippen LogP contribution is -2.10. The fraction of sp³-hybridized carbons (Fsp3) is 0.154. The number of carbonyl (C=O) groups is 1. The van der Waals surface area contributed by atoms with Crippen molar-refractivity contribution in [1.82, 2.24) is 9.97 Å². The minimum Gasteiger partial charge on any atom is -0.477 e. The third-order valence-corrected chi connectivity index (χ3v) is 3.51. The van der Waals surface area contributed by atoms with E-state index in [4.69, 9.17) is 16.7 Å². The summed E-state index contributed by atoms with van der Waals surface area (Å²) >= 11 is 7.41. The van der Waals surface area contributed by atoms with Gasteiger partial charge in [0.15, 0.2) is 5.16 Å². The van der Waals surface area contributed by atoms with E-state index in [-0.39, 0.29) is 11.4 Å². The predicted octanol–water partition coefficient (Wildman–Crippen LogP) is 3.16. The second-order valence-electron chi connectivity index (χ2n) is 3.87. The quantitative estimate of drug-likeness (QED) is 0.653. The average Bonchev–Trinajstić information content (AvgIpc) is 2.46. The van der Waals surface area contributed by atoms with Crippen LogP contribution in [0.5, 0.6) is 0 Å². The molecule has 0 atom stereocenters. The van der Waals surface area contributed by atoms with E-state index >= 15 is 0 Å². The molecule has 0 aliphatic carbocycles. The van der Waals surface area contributed by atoms with Crippen LogP contribution in [-0.2, 0) is 6.54 Å². The average molecular weight is 310 g/mol. The molecule has 5 nitrogen and oxygen atoms in total. The van der Waals surface area contributed by atoms with Crippen molar-refractivity contribution in [3.63, 3.8) is 0 Å². The normalized spacial score (nSPS) is 10.3. The molecule has 1 aromatic heterocycles. The van der Waals surface area contributed by atoms with Crippen molar-refractivity contribution in [2.24, 2.45) is 0 Å². The number of nitrogens with one attached hydrogen (secondary N) is 1. The molecule has 0 bridgehead atoms. The number of carboxylic acids is 1. The maximum absolute atomic E-state index is 11.1. The molecule has 0 spiro atoms. The first-order valence-corrected chi connectivity index (χ1v) is 7.33. The number of benzene rings is 1. The largest absolute Gasteiger partial charge is 0.477 e. The zero-order chi connectivity index (χ0) is 14.5. The SMILES string of the molecule is CSc1ncc(C(=O)O)c(NCc2ccccc2Cl)n1. The van der Waals surface area contributed by atoms with Crippen molar-refractivity contribution in [3.8, 4) is 0 Å². The van der Waals surface area contributed by atoms with Gasteiger partial charge >= 0.3 is 5.97 Å². The van der Waals surface area contributed by atoms with Crippen LogP contribution in [0.2, 0.25) is 5.02 Å². The van der Waals surface area contributed by atoms with Crippen molar-refractivity contribution in [3.05, 3.63) is 46.6 Å². The summed E-state index contributed by atoms with van der Waals surface area (Å²) in [6.07, 6.45) is 3.13. The molecule has 0 aliphatic heterocycles. The minimum absolute atomic E-state index is 0.0369. The Hall–Kier alpha value is -1.79. The van der Waals surface area contributed by atoms with E-state index in [1.807, 2.05) is 24.5 Å². The molecule has 0 radical (unpaired) electrons. The third kappa shape index (κ3) is 3.40. The molecule has 0 saturated heterocycles. The highest BCUT2D eigenvalue weighted by Gasteiger charge is 2.13. The number of carboxylic acid groups (broad SMARTS) is 1. The van der Waals surface area contributed by atoms with Crippen molar-refractivity contribution >= 4 is 35.1 Å². The van der Waals surface area contributed by atoms with E-state index in [2.05, 4.69) is 15.3 Å². The maximum atomic E-state index is 11.1. The molecule has 7 heteroatoms. The van der Waals surface area contributed by atoms with Gasteiger partial charge in [0.1, 0.15) is 11.4 Å². The van der Waals surface area contributed by atoms with Gasteiger partial charge in [-0.05, 0) is 17.9 Å². The lowest BCUT2D eigenvalue weighted by atomic mass is 10.2. The maximum Gasteiger partial charge on any atom is 0.341 e. The van der Waals surface area contributed by atoms with Gasteiger partial charge < -0.3 is 10.4 Å². The van der Waals surface area contributed by atoms with Gasteiger partial charge in [0.25, 0.3) is 0 Å². The van der Waals surface area contributed by atoms with Gasteiger partial charge in [-0.15, -0.1) is 0 Å². The molecule has 104 valence electrons. The lowest BCUT2D eigenvalue weighted by Gasteiger charge is -2.10. The smallest absolute Gasteiger partial charge is 0.341 e. The zero-order valence-corrected chi connectivity index (χ0v) is 12.2. The molecule has 2 rings (SSSR count). The summed E-state index contributed by atoms with van der Waals surface area (Å²) in [6.45, 7) is 0.394. The number of thioether (sulfide) groups is 1. The molecule has 0 unspecified atom stereocenters. The summed E-state index contributed by atoms with van der Waals surface area (Å²) in [4.78, 5) is 19.3. The highest BCUT2D eigenvalue weighted by atomic mass is 35.5. The fourth-order valence-corrected chi connectivity index (χ4v) is 2.12. The Labute approximate surface area is 125 Å². The van der Waals surface area contributed by atoms with Gasteiger partial charge in [-0.25, -0.2) is 14.8 Å². The second kappa shape index (κ2) is 6.58. The molecule has 1 heterocycles. The molecule has 0 amide bonds. The molecule has 0 aliphatic rings. The summed E-state index contributed by atoms with van der Waals surface area (Å²) in [5.74, 6) is -0.781. The van der Waals surface area contributed by atoms with Crippen LogP contribution in [0.4, 0.5) is 5.82 Å². The second-order valence-corrected chi connectivity index (χ2v) is 5.05. The zero-order valence-electron chi connectivity index (χ0n) is 10.6. The summed E-state index contributed by atoms with van der Waals surface area (Å²) in [7, 11) is 0. The van der Waals surface area contributed by atoms with Crippen LogP contribution < -0.4 is 5.32 Å². The first-order valence-electron chi connectivity index (χ1n) is 5.73. The predicted molar refractivity (Wildman–Crippen MR) is 79.6 cm³/mol. The lowest BCUT2D eigenvalue weighted by molar-refractivity contribution is 0.0697. The highest BCUT2D eigenvalue weighted by molar-refractivity contribution is 7.98. The van der Waals surface area contributed by atoms with E-state index in [1.165, 1.54) is 18.0 Å². The summed E-state index contributed by atoms with van der Waals surface area (Å²) in [5.41, 5.74) is 0.907. The standard InChI is InChI=1S/C13H12ClN3O2S/c1-20-13-16-7-9(12(18)19)11(17-13)15-6-8-4-2-3-5-10(8)14/h2-5,7H,6H2,1H3,(H,18,19)(H,15,16,17). The summed E-state index contributed by atoms with van der Waals surface area (Å²) < 4.78 is 0. The Kier molecular flexibility index (Phi) is 4.81. The topological polar surface area (TPSA) is 75.1 Å². The first kappa shape index (κ1) is 14.6. The number of halogens is 1. The molecule has 0 saturated carbocycles. The van der Waals surface area contributed by atoms with E-state index in [0.717, 1.165) is 5.56 Å². The Morgan fingerprint density at radius 3 is 2.85 bits per heavy atom. The van der Waals surface area contributed by atoms with Crippen LogP contribution in [-0.4, -0.2) is 27.3 Å². The van der Waals surface area contributed by atoms with Crippen LogP contribution in [0.25, 0.3) is 0 Å². The Bertz CT molecular complexity index is 637. The molecule has 0 fully saturated rings. The molecular formula is C13H12ClN3O2S. The molecule has 2 aromatic rings. The Morgan fingerprint density at radius 2 is 2.20 bits per heavy atom. The van der Waals surface area contributed by atoms with Gasteiger partial charge in [-0.1, -0.05) is 41.6 Å². The van der Waals surface area contributed by atoms with E-state index < -0.39 is 5.97 Å². The number of nitrogens with zero attached hydrogens (tertiary/aromatic N) is 2. The summed E-state index contributed by atoms with van der Waals surface area (Å²) in [5, 5.41) is 13.3. The first-order chi connectivity index (χ1) is 9.61. The number of aromatic carboxylic acids is 1. The van der Waals surface area contributed by atoms with Crippen molar-refractivity contribution in [2.75, 3.05) is 11.6 Å². The molecular weight excluding hydrogens is 298 g/mol. The van der Waals surface area contributed by atoms with Crippen LogP contribution in [0, 0.1) is 0 Å². The van der Waals surface area contributed by atoms with Gasteiger partial charge in [0, 0.05) is 17.8 Å². The summed E-state index contributed by atoms with van der Waals surface area (Å²) in [6, 6.07) is 7.36. The minimum atomic E-state index is -1.07. The Morgan fingerprint density at radius 1 is 1.45 bits per heavy atom. The van der Waals surface area contributed by atoms with Gasteiger partial charge in [0.2, 0.25) is 0 Å². The van der Waals surface area contributed by atoms with E-state index in [9.17, 15) is 4.79 Å². The van der Waals surface area contributed by atoms with Gasteiger partial charge in [0.05, 0.1) is 0 Å². The fourth-order valence-electron chi connectivity index (χ4n) is 1.58. The van der Waals surface area contributed by atoms with E-state index in [0.29, 0.717) is 16.7 Å². The number of hydrogen-bond donors (Lipinski definition) is 2. The van der Waals surface area contributed by atoms with Crippen LogP contribution >= 0.6 is 23.4 Å². The van der Waals surface area contributed by atoms with Crippen molar-refractivity contribution in [1.29, 1.82) is 0 Å². The number of anilines is 1. The van der Waals surface area contributed by atoms with Crippen LogP contribution in [0.15, 0.2) is 35.6 Å². The van der Waals surface area contributed by atoms with Crippen LogP contribution in [0.1, 0.15) is 15.9 Å². The van der Waals surface area contributed by atoms with Crippen molar-refractivity contribution in [2.45, 2.75) is 11.7 Å².